The van der Waals surface area contributed by atoms with Crippen LogP contribution in [0.5, 0.6) is 0 Å². The maximum absolute atomic E-state index is 6.03. The van der Waals surface area contributed by atoms with Crippen molar-refractivity contribution in [3.8, 4) is 0 Å². The summed E-state index contributed by atoms with van der Waals surface area (Å²) in [6.07, 6.45) is 2.13. The van der Waals surface area contributed by atoms with Crippen LogP contribution in [0.2, 0.25) is 0 Å². The highest BCUT2D eigenvalue weighted by Gasteiger charge is 2.51. The zero-order valence-electron chi connectivity index (χ0n) is 12.8. The molecule has 0 spiro atoms. The van der Waals surface area contributed by atoms with Gasteiger partial charge in [-0.05, 0) is 52.6 Å². The molecule has 1 saturated heterocycles. The summed E-state index contributed by atoms with van der Waals surface area (Å²) in [5, 5.41) is 0. The maximum atomic E-state index is 6.03. The van der Waals surface area contributed by atoms with E-state index >= 15 is 0 Å². The van der Waals surface area contributed by atoms with E-state index in [1.165, 1.54) is 11.1 Å². The Morgan fingerprint density at radius 2 is 1.47 bits per heavy atom. The highest BCUT2D eigenvalue weighted by atomic mass is 16.7. The van der Waals surface area contributed by atoms with Crippen molar-refractivity contribution in [2.75, 3.05) is 0 Å². The molecule has 0 N–H and O–H groups in total. The van der Waals surface area contributed by atoms with Crippen molar-refractivity contribution in [3.63, 3.8) is 0 Å². The number of benzene rings is 1. The molecule has 1 fully saturated rings. The third-order valence-corrected chi connectivity index (χ3v) is 4.10. The molecule has 0 aliphatic carbocycles. The van der Waals surface area contributed by atoms with Gasteiger partial charge in [0.1, 0.15) is 0 Å². The SMILES string of the molecule is C/C(=C\c1ccc(C)cc1)B1OC(C)(C)C(C)(C)O1. The van der Waals surface area contributed by atoms with E-state index in [2.05, 4.69) is 71.9 Å². The van der Waals surface area contributed by atoms with E-state index in [0.29, 0.717) is 0 Å². The summed E-state index contributed by atoms with van der Waals surface area (Å²) in [7, 11) is -0.258. The van der Waals surface area contributed by atoms with Gasteiger partial charge in [-0.2, -0.15) is 0 Å². The Morgan fingerprint density at radius 3 is 1.95 bits per heavy atom. The minimum atomic E-state index is -0.278. The van der Waals surface area contributed by atoms with Gasteiger partial charge >= 0.3 is 7.12 Å². The summed E-state index contributed by atoms with van der Waals surface area (Å²) >= 11 is 0. The van der Waals surface area contributed by atoms with Gasteiger partial charge in [-0.3, -0.25) is 0 Å². The van der Waals surface area contributed by atoms with E-state index in [1.807, 2.05) is 0 Å². The van der Waals surface area contributed by atoms with Crippen molar-refractivity contribution in [1.82, 2.24) is 0 Å². The lowest BCUT2D eigenvalue weighted by molar-refractivity contribution is 0.00578. The van der Waals surface area contributed by atoms with Gasteiger partial charge in [0.25, 0.3) is 0 Å². The molecule has 102 valence electrons. The van der Waals surface area contributed by atoms with E-state index in [1.54, 1.807) is 0 Å². The van der Waals surface area contributed by atoms with Crippen molar-refractivity contribution < 1.29 is 9.31 Å². The standard InChI is InChI=1S/C16H23BO2/c1-12-7-9-14(10-8-12)11-13(2)17-18-15(3,4)16(5,6)19-17/h7-11H,1-6H3/b13-11+. The second kappa shape index (κ2) is 4.80. The van der Waals surface area contributed by atoms with Crippen LogP contribution in [-0.2, 0) is 9.31 Å². The van der Waals surface area contributed by atoms with Crippen LogP contribution in [0.3, 0.4) is 0 Å². The Balaban J connectivity index is 2.17. The molecule has 0 bridgehead atoms. The quantitative estimate of drug-likeness (QED) is 0.745. The Kier molecular flexibility index (Phi) is 3.63. The van der Waals surface area contributed by atoms with Crippen LogP contribution < -0.4 is 0 Å². The first-order valence-corrected chi connectivity index (χ1v) is 6.82. The maximum Gasteiger partial charge on any atom is 0.490 e. The van der Waals surface area contributed by atoms with E-state index in [-0.39, 0.29) is 18.3 Å². The molecule has 1 aliphatic rings. The van der Waals surface area contributed by atoms with E-state index in [4.69, 9.17) is 9.31 Å². The number of rotatable bonds is 2. The summed E-state index contributed by atoms with van der Waals surface area (Å²) in [4.78, 5) is 0. The van der Waals surface area contributed by atoms with Crippen LogP contribution in [-0.4, -0.2) is 18.3 Å². The molecule has 0 aromatic heterocycles. The third kappa shape index (κ3) is 2.93. The average Bonchev–Trinajstić information content (AvgIpc) is 2.51. The predicted molar refractivity (Wildman–Crippen MR) is 80.9 cm³/mol. The highest BCUT2D eigenvalue weighted by molar-refractivity contribution is 6.55. The Labute approximate surface area is 117 Å². The average molecular weight is 258 g/mol. The summed E-state index contributed by atoms with van der Waals surface area (Å²) in [6, 6.07) is 8.46. The molecule has 0 amide bonds. The van der Waals surface area contributed by atoms with Gasteiger partial charge < -0.3 is 9.31 Å². The zero-order valence-corrected chi connectivity index (χ0v) is 12.8. The molecule has 0 atom stereocenters. The minimum absolute atomic E-state index is 0.258. The van der Waals surface area contributed by atoms with Gasteiger partial charge in [0.15, 0.2) is 0 Å². The van der Waals surface area contributed by atoms with Gasteiger partial charge in [-0.15, -0.1) is 0 Å². The Bertz CT molecular complexity index is 470. The van der Waals surface area contributed by atoms with E-state index in [9.17, 15) is 0 Å². The van der Waals surface area contributed by atoms with E-state index < -0.39 is 0 Å². The fraction of sp³-hybridized carbons (Fsp3) is 0.500. The van der Waals surface area contributed by atoms with Crippen LogP contribution in [0.25, 0.3) is 6.08 Å². The molecule has 1 aromatic carbocycles. The van der Waals surface area contributed by atoms with Crippen LogP contribution in [0, 0.1) is 6.92 Å². The van der Waals surface area contributed by atoms with Crippen LogP contribution >= 0.6 is 0 Å². The Morgan fingerprint density at radius 1 is 1.00 bits per heavy atom. The van der Waals surface area contributed by atoms with Crippen molar-refractivity contribution in [3.05, 3.63) is 40.9 Å². The van der Waals surface area contributed by atoms with Gasteiger partial charge in [0, 0.05) is 0 Å². The molecule has 0 saturated carbocycles. The second-order valence-electron chi connectivity index (χ2n) is 6.39. The van der Waals surface area contributed by atoms with Crippen molar-refractivity contribution in [2.24, 2.45) is 0 Å². The lowest BCUT2D eigenvalue weighted by atomic mass is 9.78. The molecule has 1 aromatic rings. The van der Waals surface area contributed by atoms with Crippen molar-refractivity contribution >= 4 is 13.2 Å². The molecule has 0 unspecified atom stereocenters. The fourth-order valence-corrected chi connectivity index (χ4v) is 2.02. The highest BCUT2D eigenvalue weighted by Crippen LogP contribution is 2.38. The smallest absolute Gasteiger partial charge is 0.400 e. The largest absolute Gasteiger partial charge is 0.490 e. The molecule has 1 aliphatic heterocycles. The van der Waals surface area contributed by atoms with Crippen LogP contribution in [0.1, 0.15) is 45.7 Å². The topological polar surface area (TPSA) is 18.5 Å². The minimum Gasteiger partial charge on any atom is -0.400 e. The molecule has 19 heavy (non-hydrogen) atoms. The fourth-order valence-electron chi connectivity index (χ4n) is 2.02. The first kappa shape index (κ1) is 14.4. The second-order valence-corrected chi connectivity index (χ2v) is 6.39. The number of hydrogen-bond donors (Lipinski definition) is 0. The molecule has 3 heteroatoms. The lowest BCUT2D eigenvalue weighted by Gasteiger charge is -2.32. The van der Waals surface area contributed by atoms with E-state index in [0.717, 1.165) is 5.47 Å². The normalized spacial score (nSPS) is 21.8. The van der Waals surface area contributed by atoms with Crippen molar-refractivity contribution in [2.45, 2.75) is 52.7 Å². The first-order chi connectivity index (χ1) is 8.71. The van der Waals surface area contributed by atoms with Crippen molar-refractivity contribution in [1.29, 1.82) is 0 Å². The summed E-state index contributed by atoms with van der Waals surface area (Å²) in [5.41, 5.74) is 2.99. The lowest BCUT2D eigenvalue weighted by Crippen LogP contribution is -2.41. The monoisotopic (exact) mass is 258 g/mol. The molecule has 0 radical (unpaired) electrons. The molecular formula is C16H23BO2. The molecule has 1 heterocycles. The summed E-state index contributed by atoms with van der Waals surface area (Å²) in [6.45, 7) is 12.5. The number of hydrogen-bond acceptors (Lipinski definition) is 2. The molecular weight excluding hydrogens is 235 g/mol. The van der Waals surface area contributed by atoms with Crippen LogP contribution in [0.4, 0.5) is 0 Å². The molecule has 2 nitrogen and oxygen atoms in total. The summed E-state index contributed by atoms with van der Waals surface area (Å²) in [5.74, 6) is 0. The van der Waals surface area contributed by atoms with Gasteiger partial charge in [0.05, 0.1) is 11.2 Å². The Hall–Kier alpha value is -1.06. The third-order valence-electron chi connectivity index (χ3n) is 4.10. The number of aryl methyl sites for hydroxylation is 1. The number of allylic oxidation sites excluding steroid dienone is 1. The zero-order chi connectivity index (χ0) is 14.3. The predicted octanol–water partition coefficient (Wildman–Crippen LogP) is 4.03. The first-order valence-electron chi connectivity index (χ1n) is 6.82. The molecule has 2 rings (SSSR count). The van der Waals surface area contributed by atoms with Gasteiger partial charge in [0.2, 0.25) is 0 Å². The van der Waals surface area contributed by atoms with Gasteiger partial charge in [-0.25, -0.2) is 0 Å². The van der Waals surface area contributed by atoms with Gasteiger partial charge in [-0.1, -0.05) is 35.9 Å². The summed E-state index contributed by atoms with van der Waals surface area (Å²) < 4.78 is 12.1. The van der Waals surface area contributed by atoms with Crippen LogP contribution in [0.15, 0.2) is 29.7 Å².